The van der Waals surface area contributed by atoms with Crippen LogP contribution in [-0.2, 0) is 10.8 Å². The minimum absolute atomic E-state index is 0.697. The molecule has 1 atom stereocenters. The Labute approximate surface area is 118 Å². The second-order valence-electron chi connectivity index (χ2n) is 3.81. The molecule has 0 aliphatic carbocycles. The molecule has 1 aromatic heterocycles. The number of rotatable bonds is 6. The predicted molar refractivity (Wildman–Crippen MR) is 82.9 cm³/mol. The number of thioether (sulfide) groups is 1. The van der Waals surface area contributed by atoms with E-state index in [1.807, 2.05) is 30.0 Å². The standard InChI is InChI=1S/C12H16N2OS3/c1-2-16-6-3-7-18(15)12-14-10-5-4-9(13)8-11(10)17-12/h4-5,8H,2-3,6-7,13H2,1H3. The van der Waals surface area contributed by atoms with Crippen LogP contribution in [-0.4, -0.2) is 26.5 Å². The van der Waals surface area contributed by atoms with Crippen LogP contribution < -0.4 is 5.73 Å². The molecule has 1 aromatic carbocycles. The Morgan fingerprint density at radius 1 is 1.50 bits per heavy atom. The third-order valence-corrected chi connectivity index (χ3v) is 6.16. The summed E-state index contributed by atoms with van der Waals surface area (Å²) in [5.74, 6) is 2.88. The zero-order valence-corrected chi connectivity index (χ0v) is 12.7. The second-order valence-corrected chi connectivity index (χ2v) is 7.98. The van der Waals surface area contributed by atoms with E-state index in [1.54, 1.807) is 0 Å². The van der Waals surface area contributed by atoms with Crippen molar-refractivity contribution >= 4 is 49.8 Å². The van der Waals surface area contributed by atoms with Crippen LogP contribution in [0.2, 0.25) is 0 Å². The minimum Gasteiger partial charge on any atom is -0.399 e. The van der Waals surface area contributed by atoms with Crippen LogP contribution in [0.5, 0.6) is 0 Å². The first-order valence-electron chi connectivity index (χ1n) is 5.83. The first-order valence-corrected chi connectivity index (χ1v) is 9.12. The van der Waals surface area contributed by atoms with Gasteiger partial charge >= 0.3 is 0 Å². The van der Waals surface area contributed by atoms with Gasteiger partial charge in [-0.15, -0.1) is 11.3 Å². The van der Waals surface area contributed by atoms with Gasteiger partial charge in [0.15, 0.2) is 4.34 Å². The molecule has 0 amide bonds. The van der Waals surface area contributed by atoms with Crippen molar-refractivity contribution in [1.82, 2.24) is 4.98 Å². The number of hydrogen-bond acceptors (Lipinski definition) is 5. The molecular formula is C12H16N2OS3. The van der Waals surface area contributed by atoms with Crippen molar-refractivity contribution in [3.05, 3.63) is 18.2 Å². The summed E-state index contributed by atoms with van der Waals surface area (Å²) in [7, 11) is -0.973. The molecule has 2 N–H and O–H groups in total. The van der Waals surface area contributed by atoms with E-state index in [-0.39, 0.29) is 0 Å². The highest BCUT2D eigenvalue weighted by molar-refractivity contribution is 7.99. The summed E-state index contributed by atoms with van der Waals surface area (Å²) in [6.07, 6.45) is 0.975. The molecule has 1 unspecified atom stereocenters. The van der Waals surface area contributed by atoms with E-state index in [0.717, 1.165) is 38.2 Å². The quantitative estimate of drug-likeness (QED) is 0.658. The molecule has 2 rings (SSSR count). The van der Waals surface area contributed by atoms with Crippen LogP contribution in [0.3, 0.4) is 0 Å². The summed E-state index contributed by atoms with van der Waals surface area (Å²) in [5, 5.41) is 0. The number of nitrogen functional groups attached to an aromatic ring is 1. The number of hydrogen-bond donors (Lipinski definition) is 1. The number of aromatic nitrogens is 1. The fraction of sp³-hybridized carbons (Fsp3) is 0.417. The van der Waals surface area contributed by atoms with Gasteiger partial charge in [-0.3, -0.25) is 4.21 Å². The lowest BCUT2D eigenvalue weighted by Crippen LogP contribution is -1.98. The molecule has 0 bridgehead atoms. The van der Waals surface area contributed by atoms with Crippen molar-refractivity contribution in [1.29, 1.82) is 0 Å². The van der Waals surface area contributed by atoms with Gasteiger partial charge in [0.2, 0.25) is 0 Å². The largest absolute Gasteiger partial charge is 0.399 e. The number of benzene rings is 1. The second kappa shape index (κ2) is 6.54. The molecule has 1 heterocycles. The van der Waals surface area contributed by atoms with Gasteiger partial charge in [0.05, 0.1) is 21.0 Å². The Kier molecular flexibility index (Phi) is 5.03. The average molecular weight is 300 g/mol. The minimum atomic E-state index is -0.973. The molecule has 0 radical (unpaired) electrons. The van der Waals surface area contributed by atoms with Crippen LogP contribution in [0.15, 0.2) is 22.5 Å². The van der Waals surface area contributed by atoms with Gasteiger partial charge in [-0.25, -0.2) is 4.98 Å². The van der Waals surface area contributed by atoms with Gasteiger partial charge in [0.25, 0.3) is 0 Å². The summed E-state index contributed by atoms with van der Waals surface area (Å²) in [5.41, 5.74) is 7.34. The molecule has 0 aliphatic rings. The molecule has 18 heavy (non-hydrogen) atoms. The van der Waals surface area contributed by atoms with Crippen LogP contribution in [0.25, 0.3) is 10.2 Å². The Morgan fingerprint density at radius 3 is 3.11 bits per heavy atom. The van der Waals surface area contributed by atoms with E-state index >= 15 is 0 Å². The predicted octanol–water partition coefficient (Wildman–Crippen LogP) is 3.13. The van der Waals surface area contributed by atoms with Crippen LogP contribution in [0.1, 0.15) is 13.3 Å². The summed E-state index contributed by atoms with van der Waals surface area (Å²) in [4.78, 5) is 4.41. The molecule has 0 saturated heterocycles. The van der Waals surface area contributed by atoms with Gasteiger partial charge in [-0.2, -0.15) is 11.8 Å². The third kappa shape index (κ3) is 3.46. The SMILES string of the molecule is CCSCCCS(=O)c1nc2ccc(N)cc2s1. The number of thiazole rings is 1. The fourth-order valence-electron chi connectivity index (χ4n) is 1.54. The van der Waals surface area contributed by atoms with Crippen LogP contribution in [0.4, 0.5) is 5.69 Å². The average Bonchev–Trinajstić information content (AvgIpc) is 2.77. The van der Waals surface area contributed by atoms with Crippen molar-refractivity contribution < 1.29 is 4.21 Å². The number of anilines is 1. The molecular weight excluding hydrogens is 284 g/mol. The lowest BCUT2D eigenvalue weighted by Gasteiger charge is -1.97. The van der Waals surface area contributed by atoms with Gasteiger partial charge in [0, 0.05) is 11.4 Å². The highest BCUT2D eigenvalue weighted by Gasteiger charge is 2.10. The monoisotopic (exact) mass is 300 g/mol. The first kappa shape index (κ1) is 13.8. The molecule has 98 valence electrons. The van der Waals surface area contributed by atoms with Crippen molar-refractivity contribution in [2.75, 3.05) is 23.0 Å². The lowest BCUT2D eigenvalue weighted by molar-refractivity contribution is 0.681. The maximum atomic E-state index is 12.1. The van der Waals surface area contributed by atoms with Gasteiger partial charge in [0.1, 0.15) is 0 Å². The summed E-state index contributed by atoms with van der Waals surface area (Å²) in [6.45, 7) is 2.14. The summed E-state index contributed by atoms with van der Waals surface area (Å²) < 4.78 is 13.8. The van der Waals surface area contributed by atoms with E-state index in [9.17, 15) is 4.21 Å². The van der Waals surface area contributed by atoms with Crippen molar-refractivity contribution in [2.24, 2.45) is 0 Å². The van der Waals surface area contributed by atoms with Gasteiger partial charge in [-0.05, 0) is 36.1 Å². The van der Waals surface area contributed by atoms with E-state index < -0.39 is 10.8 Å². The number of nitrogens with zero attached hydrogens (tertiary/aromatic N) is 1. The van der Waals surface area contributed by atoms with Crippen molar-refractivity contribution in [2.45, 2.75) is 17.7 Å². The first-order chi connectivity index (χ1) is 8.70. The smallest absolute Gasteiger partial charge is 0.181 e. The van der Waals surface area contributed by atoms with Crippen LogP contribution in [0, 0.1) is 0 Å². The molecule has 0 spiro atoms. The maximum Gasteiger partial charge on any atom is 0.181 e. The Morgan fingerprint density at radius 2 is 2.33 bits per heavy atom. The normalized spacial score (nSPS) is 12.9. The number of nitrogens with two attached hydrogens (primary N) is 1. The van der Waals surface area contributed by atoms with Gasteiger partial charge in [-0.1, -0.05) is 6.92 Å². The Hall–Kier alpha value is -0.590. The number of fused-ring (bicyclic) bond motifs is 1. The zero-order chi connectivity index (χ0) is 13.0. The molecule has 2 aromatic rings. The summed E-state index contributed by atoms with van der Waals surface area (Å²) >= 11 is 3.37. The van der Waals surface area contributed by atoms with E-state index in [1.165, 1.54) is 11.3 Å². The maximum absolute atomic E-state index is 12.1. The third-order valence-electron chi connectivity index (χ3n) is 2.41. The topological polar surface area (TPSA) is 56.0 Å². The molecule has 0 fully saturated rings. The van der Waals surface area contributed by atoms with Crippen LogP contribution >= 0.6 is 23.1 Å². The fourth-order valence-corrected chi connectivity index (χ4v) is 4.78. The highest BCUT2D eigenvalue weighted by atomic mass is 32.2. The molecule has 3 nitrogen and oxygen atoms in total. The van der Waals surface area contributed by atoms with E-state index in [4.69, 9.17) is 5.73 Å². The van der Waals surface area contributed by atoms with Gasteiger partial charge < -0.3 is 5.73 Å². The van der Waals surface area contributed by atoms with E-state index in [2.05, 4.69) is 11.9 Å². The lowest BCUT2D eigenvalue weighted by atomic mass is 10.3. The molecule has 0 saturated carbocycles. The Bertz CT molecular complexity index is 553. The molecule has 6 heteroatoms. The Balaban J connectivity index is 2.04. The highest BCUT2D eigenvalue weighted by Crippen LogP contribution is 2.26. The van der Waals surface area contributed by atoms with E-state index in [0.29, 0.717) is 5.75 Å². The zero-order valence-electron chi connectivity index (χ0n) is 10.2. The van der Waals surface area contributed by atoms with Crippen molar-refractivity contribution in [3.8, 4) is 0 Å². The summed E-state index contributed by atoms with van der Waals surface area (Å²) in [6, 6.07) is 5.60. The molecule has 0 aliphatic heterocycles. The van der Waals surface area contributed by atoms with Crippen molar-refractivity contribution in [3.63, 3.8) is 0 Å².